The van der Waals surface area contributed by atoms with Crippen molar-refractivity contribution < 1.29 is 15.1 Å². The summed E-state index contributed by atoms with van der Waals surface area (Å²) in [5.74, 6) is 0. The zero-order chi connectivity index (χ0) is 6.69. The third-order valence-electron chi connectivity index (χ3n) is 1.21. The zero-order valence-corrected chi connectivity index (χ0v) is 5.16. The Hall–Kier alpha value is -0.160. The highest BCUT2D eigenvalue weighted by atomic mass is 16.7. The molecule has 1 aliphatic rings. The number of hydrogen-bond acceptors (Lipinski definition) is 4. The van der Waals surface area contributed by atoms with Gasteiger partial charge in [-0.2, -0.15) is 5.06 Å². The van der Waals surface area contributed by atoms with Gasteiger partial charge in [-0.25, -0.2) is 0 Å². The maximum Gasteiger partial charge on any atom is 0.0958 e. The van der Waals surface area contributed by atoms with Crippen LogP contribution in [-0.2, 0) is 4.84 Å². The van der Waals surface area contributed by atoms with Crippen molar-refractivity contribution >= 4 is 0 Å². The summed E-state index contributed by atoms with van der Waals surface area (Å²) in [6.07, 6.45) is -0.378. The minimum Gasteiger partial charge on any atom is -0.395 e. The van der Waals surface area contributed by atoms with Crippen LogP contribution >= 0.6 is 0 Å². The third kappa shape index (κ3) is 1.91. The number of β-amino-alcohol motifs (C(OH)–C–C–N with tert-alkyl or cyclic N) is 2. The molecule has 1 rings (SSSR count). The fourth-order valence-electron chi connectivity index (χ4n) is 0.799. The highest BCUT2D eigenvalue weighted by Crippen LogP contribution is 2.03. The fraction of sp³-hybridized carbons (Fsp3) is 1.00. The normalized spacial score (nSPS) is 29.3. The summed E-state index contributed by atoms with van der Waals surface area (Å²) in [4.78, 5) is 4.93. The molecular weight excluding hydrogens is 122 g/mol. The Labute approximate surface area is 53.6 Å². The van der Waals surface area contributed by atoms with Crippen LogP contribution in [0.25, 0.3) is 0 Å². The van der Waals surface area contributed by atoms with Crippen LogP contribution in [0.4, 0.5) is 0 Å². The summed E-state index contributed by atoms with van der Waals surface area (Å²) in [7, 11) is 0. The van der Waals surface area contributed by atoms with Crippen molar-refractivity contribution in [2.45, 2.75) is 6.10 Å². The smallest absolute Gasteiger partial charge is 0.0958 e. The number of nitrogens with zero attached hydrogens (tertiary/aromatic N) is 1. The Morgan fingerprint density at radius 1 is 1.67 bits per heavy atom. The minimum atomic E-state index is -0.378. The van der Waals surface area contributed by atoms with Crippen molar-refractivity contribution in [3.8, 4) is 0 Å². The van der Waals surface area contributed by atoms with Crippen molar-refractivity contribution in [1.29, 1.82) is 0 Å². The Morgan fingerprint density at radius 2 is 2.44 bits per heavy atom. The van der Waals surface area contributed by atoms with E-state index in [1.165, 1.54) is 0 Å². The van der Waals surface area contributed by atoms with Crippen LogP contribution in [0.1, 0.15) is 0 Å². The molecule has 1 fully saturated rings. The van der Waals surface area contributed by atoms with E-state index in [2.05, 4.69) is 0 Å². The second-order valence-corrected chi connectivity index (χ2v) is 2.06. The van der Waals surface area contributed by atoms with Gasteiger partial charge in [-0.05, 0) is 0 Å². The second-order valence-electron chi connectivity index (χ2n) is 2.06. The first-order valence-corrected chi connectivity index (χ1v) is 2.99. The first kappa shape index (κ1) is 6.95. The van der Waals surface area contributed by atoms with Gasteiger partial charge in [0.05, 0.1) is 25.9 Å². The first-order chi connectivity index (χ1) is 4.33. The predicted molar refractivity (Wildman–Crippen MR) is 30.6 cm³/mol. The van der Waals surface area contributed by atoms with Crippen molar-refractivity contribution in [2.24, 2.45) is 0 Å². The fourth-order valence-corrected chi connectivity index (χ4v) is 0.799. The minimum absolute atomic E-state index is 0.0761. The highest BCUT2D eigenvalue weighted by molar-refractivity contribution is 4.62. The van der Waals surface area contributed by atoms with E-state index in [1.807, 2.05) is 0 Å². The molecule has 9 heavy (non-hydrogen) atoms. The van der Waals surface area contributed by atoms with Crippen LogP contribution in [0.3, 0.4) is 0 Å². The zero-order valence-electron chi connectivity index (χ0n) is 5.16. The molecule has 1 aliphatic heterocycles. The maximum atomic E-state index is 8.88. The van der Waals surface area contributed by atoms with E-state index in [0.29, 0.717) is 19.7 Å². The molecule has 2 N–H and O–H groups in total. The molecule has 0 radical (unpaired) electrons. The van der Waals surface area contributed by atoms with Gasteiger partial charge in [0.2, 0.25) is 0 Å². The van der Waals surface area contributed by atoms with Gasteiger partial charge in [0, 0.05) is 6.54 Å². The molecule has 54 valence electrons. The summed E-state index contributed by atoms with van der Waals surface area (Å²) in [6, 6.07) is 0. The molecule has 0 amide bonds. The van der Waals surface area contributed by atoms with Crippen LogP contribution < -0.4 is 0 Å². The average Bonchev–Trinajstić information content (AvgIpc) is 2.17. The summed E-state index contributed by atoms with van der Waals surface area (Å²) in [6.45, 7) is 1.43. The van der Waals surface area contributed by atoms with Gasteiger partial charge in [-0.3, -0.25) is 4.84 Å². The number of rotatable bonds is 2. The van der Waals surface area contributed by atoms with E-state index in [4.69, 9.17) is 15.1 Å². The Balaban J connectivity index is 2.14. The van der Waals surface area contributed by atoms with E-state index in [9.17, 15) is 0 Å². The Kier molecular flexibility index (Phi) is 2.41. The van der Waals surface area contributed by atoms with E-state index in [0.717, 1.165) is 0 Å². The molecule has 0 aliphatic carbocycles. The lowest BCUT2D eigenvalue weighted by atomic mass is 10.4. The average molecular weight is 133 g/mol. The van der Waals surface area contributed by atoms with Gasteiger partial charge in [-0.15, -0.1) is 0 Å². The molecule has 0 aromatic rings. The lowest BCUT2D eigenvalue weighted by Crippen LogP contribution is -2.24. The van der Waals surface area contributed by atoms with Gasteiger partial charge in [0.15, 0.2) is 0 Å². The van der Waals surface area contributed by atoms with Crippen LogP contribution in [0.15, 0.2) is 0 Å². The monoisotopic (exact) mass is 133 g/mol. The highest BCUT2D eigenvalue weighted by Gasteiger charge is 2.19. The first-order valence-electron chi connectivity index (χ1n) is 2.99. The molecule has 4 heteroatoms. The lowest BCUT2D eigenvalue weighted by molar-refractivity contribution is -0.116. The largest absolute Gasteiger partial charge is 0.395 e. The van der Waals surface area contributed by atoms with E-state index >= 15 is 0 Å². The molecule has 1 unspecified atom stereocenters. The Morgan fingerprint density at radius 3 is 2.89 bits per heavy atom. The molecule has 1 atom stereocenters. The number of hydrogen-bond donors (Lipinski definition) is 2. The second kappa shape index (κ2) is 3.12. The van der Waals surface area contributed by atoms with E-state index in [-0.39, 0.29) is 12.7 Å². The van der Waals surface area contributed by atoms with E-state index < -0.39 is 0 Å². The molecule has 0 aromatic carbocycles. The molecule has 0 spiro atoms. The quantitative estimate of drug-likeness (QED) is 0.486. The van der Waals surface area contributed by atoms with Crippen LogP contribution in [-0.4, -0.2) is 47.7 Å². The number of aliphatic hydroxyl groups excluding tert-OH is 2. The number of aliphatic hydroxyl groups is 2. The standard InChI is InChI=1S/C5H11NO3/c7-2-1-6-3-5(8)4-9-6/h5,7-8H,1-4H2. The third-order valence-corrected chi connectivity index (χ3v) is 1.21. The predicted octanol–water partition coefficient (Wildman–Crippen LogP) is -1.41. The van der Waals surface area contributed by atoms with Crippen molar-refractivity contribution in [1.82, 2.24) is 5.06 Å². The maximum absolute atomic E-state index is 8.88. The van der Waals surface area contributed by atoms with Gasteiger partial charge in [0.1, 0.15) is 0 Å². The lowest BCUT2D eigenvalue weighted by Gasteiger charge is -2.09. The molecule has 0 bridgehead atoms. The summed E-state index contributed by atoms with van der Waals surface area (Å²) in [5.41, 5.74) is 0. The summed E-state index contributed by atoms with van der Waals surface area (Å²) in [5, 5.41) is 18.8. The number of hydroxylamine groups is 2. The topological polar surface area (TPSA) is 52.9 Å². The molecule has 1 saturated heterocycles. The molecule has 0 aromatic heterocycles. The van der Waals surface area contributed by atoms with Crippen LogP contribution in [0, 0.1) is 0 Å². The van der Waals surface area contributed by atoms with Gasteiger partial charge >= 0.3 is 0 Å². The van der Waals surface area contributed by atoms with Crippen LogP contribution in [0.5, 0.6) is 0 Å². The summed E-state index contributed by atoms with van der Waals surface area (Å²) < 4.78 is 0. The molecular formula is C5H11NO3. The Bertz CT molecular complexity index is 86.3. The van der Waals surface area contributed by atoms with Crippen LogP contribution in [0.2, 0.25) is 0 Å². The molecule has 1 heterocycles. The van der Waals surface area contributed by atoms with Gasteiger partial charge in [-0.1, -0.05) is 0 Å². The van der Waals surface area contributed by atoms with Crippen molar-refractivity contribution in [2.75, 3.05) is 26.3 Å². The SMILES string of the molecule is OCCN1CC(O)CO1. The molecule has 0 saturated carbocycles. The summed E-state index contributed by atoms with van der Waals surface area (Å²) >= 11 is 0. The van der Waals surface area contributed by atoms with E-state index in [1.54, 1.807) is 5.06 Å². The van der Waals surface area contributed by atoms with Crippen molar-refractivity contribution in [3.05, 3.63) is 0 Å². The van der Waals surface area contributed by atoms with Gasteiger partial charge < -0.3 is 10.2 Å². The molecule has 4 nitrogen and oxygen atoms in total. The van der Waals surface area contributed by atoms with Gasteiger partial charge in [0.25, 0.3) is 0 Å². The van der Waals surface area contributed by atoms with Crippen molar-refractivity contribution in [3.63, 3.8) is 0 Å².